The van der Waals surface area contributed by atoms with Crippen LogP contribution in [0.4, 0.5) is 35.5 Å². The first-order valence-electron chi connectivity index (χ1n) is 14.9. The Hall–Kier alpha value is -4.75. The Morgan fingerprint density at radius 2 is 1.69 bits per heavy atom. The van der Waals surface area contributed by atoms with Crippen molar-refractivity contribution >= 4 is 34.5 Å². The van der Waals surface area contributed by atoms with E-state index in [1.165, 1.54) is 19.1 Å². The van der Waals surface area contributed by atoms with Gasteiger partial charge < -0.3 is 19.9 Å². The smallest absolute Gasteiger partial charge is 0.410 e. The molecule has 1 aromatic carbocycles. The first-order valence-corrected chi connectivity index (χ1v) is 14.9. The van der Waals surface area contributed by atoms with Gasteiger partial charge in [0.15, 0.2) is 11.5 Å². The topological polar surface area (TPSA) is 156 Å². The highest BCUT2D eigenvalue weighted by molar-refractivity contribution is 6.05. The molecule has 2 aromatic heterocycles. The minimum atomic E-state index is -4.39. The van der Waals surface area contributed by atoms with Crippen molar-refractivity contribution in [3.05, 3.63) is 46.3 Å². The zero-order valence-electron chi connectivity index (χ0n) is 25.8. The molecule has 1 aliphatic carbocycles. The lowest BCUT2D eigenvalue weighted by Crippen LogP contribution is -2.57. The van der Waals surface area contributed by atoms with E-state index in [0.717, 1.165) is 12.0 Å². The number of alkyl halides is 6. The lowest BCUT2D eigenvalue weighted by atomic mass is 9.81. The van der Waals surface area contributed by atoms with Crippen LogP contribution in [0, 0.1) is 18.7 Å². The molecular weight excluding hydrogens is 675 g/mol. The van der Waals surface area contributed by atoms with Crippen LogP contribution in [0.25, 0.3) is 16.6 Å². The highest BCUT2D eigenvalue weighted by Gasteiger charge is 2.53. The van der Waals surface area contributed by atoms with Crippen LogP contribution in [0.1, 0.15) is 59.3 Å². The normalized spacial score (nSPS) is 21.2. The highest BCUT2D eigenvalue weighted by Crippen LogP contribution is 2.42. The van der Waals surface area contributed by atoms with Crippen molar-refractivity contribution in [1.29, 1.82) is 0 Å². The molecule has 3 amide bonds. The fraction of sp³-hybridized carbons (Fsp3) is 0.517. The van der Waals surface area contributed by atoms with Gasteiger partial charge in [0.1, 0.15) is 30.1 Å². The number of aromatic amines is 1. The quantitative estimate of drug-likeness (QED) is 0.352. The number of H-pyrrole nitrogens is 1. The van der Waals surface area contributed by atoms with Crippen LogP contribution < -0.4 is 5.32 Å². The fourth-order valence-corrected chi connectivity index (χ4v) is 6.34. The summed E-state index contributed by atoms with van der Waals surface area (Å²) in [5, 5.41) is 9.84. The van der Waals surface area contributed by atoms with Gasteiger partial charge >= 0.3 is 18.3 Å². The van der Waals surface area contributed by atoms with Gasteiger partial charge in [0, 0.05) is 24.0 Å². The van der Waals surface area contributed by atoms with Gasteiger partial charge in [0.05, 0.1) is 31.8 Å². The molecule has 1 saturated heterocycles. The molecule has 3 aromatic rings. The molecule has 0 spiro atoms. The van der Waals surface area contributed by atoms with Gasteiger partial charge in [-0.2, -0.15) is 17.6 Å². The Balaban J connectivity index is 1.38. The molecule has 13 nitrogen and oxygen atoms in total. The summed E-state index contributed by atoms with van der Waals surface area (Å²) >= 11 is 0. The number of benzene rings is 1. The Morgan fingerprint density at radius 1 is 1.02 bits per heavy atom. The van der Waals surface area contributed by atoms with Gasteiger partial charge in [0.2, 0.25) is 5.92 Å². The van der Waals surface area contributed by atoms with Gasteiger partial charge in [-0.1, -0.05) is 5.16 Å². The van der Waals surface area contributed by atoms with Crippen LogP contribution in [0.15, 0.2) is 22.3 Å². The van der Waals surface area contributed by atoms with E-state index in [1.807, 2.05) is 0 Å². The van der Waals surface area contributed by atoms with Crippen LogP contribution in [-0.4, -0.2) is 99.4 Å². The number of methoxy groups -OCH3 is 1. The molecule has 0 radical (unpaired) electrons. The Morgan fingerprint density at radius 3 is 2.31 bits per heavy atom. The first kappa shape index (κ1) is 34.1. The fourth-order valence-electron chi connectivity index (χ4n) is 6.34. The summed E-state index contributed by atoms with van der Waals surface area (Å²) in [5.74, 6) is -6.55. The van der Waals surface area contributed by atoms with Crippen LogP contribution in [0.5, 0.6) is 0 Å². The highest BCUT2D eigenvalue weighted by atomic mass is 19.3. The van der Waals surface area contributed by atoms with Crippen molar-refractivity contribution in [3.8, 4) is 0 Å². The second-order valence-electron chi connectivity index (χ2n) is 12.1. The number of amides is 3. The molecule has 2 aliphatic heterocycles. The van der Waals surface area contributed by atoms with Gasteiger partial charge in [-0.15, -0.1) is 0 Å². The predicted molar refractivity (Wildman–Crippen MR) is 151 cm³/mol. The molecule has 264 valence electrons. The summed E-state index contributed by atoms with van der Waals surface area (Å²) in [5.41, 5.74) is -1.11. The molecular formula is C29H28F7N7O6. The minimum absolute atomic E-state index is 0.00870. The summed E-state index contributed by atoms with van der Waals surface area (Å²) in [6.07, 6.45) is -10.7. The number of aromatic nitrogens is 4. The second-order valence-corrected chi connectivity index (χ2v) is 12.1. The van der Waals surface area contributed by atoms with Gasteiger partial charge in [0.25, 0.3) is 11.8 Å². The third kappa shape index (κ3) is 6.77. The van der Waals surface area contributed by atoms with E-state index >= 15 is 4.39 Å². The molecule has 49 heavy (non-hydrogen) atoms. The molecule has 2 N–H and O–H groups in total. The van der Waals surface area contributed by atoms with E-state index in [0.29, 0.717) is 0 Å². The summed E-state index contributed by atoms with van der Waals surface area (Å²) < 4.78 is 113. The number of hydrogen-bond acceptors (Lipinski definition) is 9. The van der Waals surface area contributed by atoms with Crippen molar-refractivity contribution in [2.75, 3.05) is 33.3 Å². The van der Waals surface area contributed by atoms with Crippen molar-refractivity contribution in [3.63, 3.8) is 0 Å². The van der Waals surface area contributed by atoms with Crippen LogP contribution in [0.2, 0.25) is 0 Å². The van der Waals surface area contributed by atoms with E-state index in [-0.39, 0.29) is 57.1 Å². The van der Waals surface area contributed by atoms with Crippen molar-refractivity contribution in [2.24, 2.45) is 5.92 Å². The van der Waals surface area contributed by atoms with E-state index < -0.39 is 98.4 Å². The zero-order valence-corrected chi connectivity index (χ0v) is 25.8. The Bertz CT molecular complexity index is 1820. The van der Waals surface area contributed by atoms with E-state index in [2.05, 4.69) is 35.0 Å². The van der Waals surface area contributed by atoms with Crippen LogP contribution in [-0.2, 0) is 14.3 Å². The number of imidazole rings is 1. The van der Waals surface area contributed by atoms with E-state index in [4.69, 9.17) is 4.74 Å². The predicted octanol–water partition coefficient (Wildman–Crippen LogP) is 4.57. The standard InChI is InChI=1S/C29H28F7N7O6/c1-13-20(41-49-40-13)24(44)39-21(14-5-7-27(31,32)8-6-14)23-37-18-4-3-15(19(30)22(18)38-23)16-9-42(26(46)47-2)10-17(16)25(45)43-11-28(33,34)48-29(35,36)12-43/h3-4,14,21H,5-12H2,1-2H3,(H,37,38)(H,39,44). The van der Waals surface area contributed by atoms with Gasteiger partial charge in [-0.05, 0) is 48.5 Å². The number of carbonyl (C=O) groups is 3. The zero-order chi connectivity index (χ0) is 35.5. The average Bonchev–Trinajstić information content (AvgIpc) is 3.76. The molecule has 0 bridgehead atoms. The first-order chi connectivity index (χ1) is 23.0. The third-order valence-electron chi connectivity index (χ3n) is 8.71. The van der Waals surface area contributed by atoms with E-state index in [9.17, 15) is 40.7 Å². The van der Waals surface area contributed by atoms with Crippen LogP contribution >= 0.6 is 0 Å². The van der Waals surface area contributed by atoms with Gasteiger partial charge in [-0.3, -0.25) is 19.2 Å². The van der Waals surface area contributed by atoms with Gasteiger partial charge in [-0.25, -0.2) is 27.6 Å². The number of hydrogen-bond donors (Lipinski definition) is 2. The monoisotopic (exact) mass is 703 g/mol. The molecule has 20 heteroatoms. The number of aryl methyl sites for hydroxylation is 1. The number of fused-ring (bicyclic) bond motifs is 1. The summed E-state index contributed by atoms with van der Waals surface area (Å²) in [6, 6.07) is 1.54. The van der Waals surface area contributed by atoms with Crippen molar-refractivity contribution in [1.82, 2.24) is 35.4 Å². The SMILES string of the molecule is COC(=O)N1CC(C(=O)N2CC(F)(F)OC(F)(F)C2)=C(c2ccc3[nH]c(C(NC(=O)c4nonc4C)C4CCC(F)(F)CC4)nc3c2F)C1. The number of ether oxygens (including phenoxy) is 2. The number of nitrogens with zero attached hydrogens (tertiary/aromatic N) is 5. The minimum Gasteiger partial charge on any atom is -0.453 e. The molecule has 4 heterocycles. The molecule has 3 aliphatic rings. The maximum absolute atomic E-state index is 16.4. The number of rotatable bonds is 6. The maximum Gasteiger partial charge on any atom is 0.410 e. The molecule has 1 atom stereocenters. The number of halogens is 7. The van der Waals surface area contributed by atoms with E-state index in [1.54, 1.807) is 0 Å². The Kier molecular flexibility index (Phi) is 8.56. The number of morpholine rings is 1. The third-order valence-corrected chi connectivity index (χ3v) is 8.71. The van der Waals surface area contributed by atoms with Crippen molar-refractivity contribution in [2.45, 2.75) is 56.8 Å². The largest absolute Gasteiger partial charge is 0.453 e. The summed E-state index contributed by atoms with van der Waals surface area (Å²) in [4.78, 5) is 47.3. The lowest BCUT2D eigenvalue weighted by molar-refractivity contribution is -0.401. The average molecular weight is 704 g/mol. The molecule has 6 rings (SSSR count). The number of carbonyl (C=O) groups excluding carboxylic acids is 3. The molecule has 1 unspecified atom stereocenters. The maximum atomic E-state index is 16.4. The Labute approximate surface area is 271 Å². The molecule has 1 saturated carbocycles. The number of nitrogens with one attached hydrogen (secondary N) is 2. The summed E-state index contributed by atoms with van der Waals surface area (Å²) in [6.45, 7) is -2.61. The summed E-state index contributed by atoms with van der Waals surface area (Å²) in [7, 11) is 1.03. The molecule has 2 fully saturated rings. The lowest BCUT2D eigenvalue weighted by Gasteiger charge is -2.37. The van der Waals surface area contributed by atoms with Crippen LogP contribution in [0.3, 0.4) is 0 Å². The second kappa shape index (κ2) is 12.3. The van der Waals surface area contributed by atoms with Crippen molar-refractivity contribution < 1.29 is 59.2 Å².